The molecule has 0 aliphatic carbocycles. The molecule has 0 aliphatic rings. The number of nitrogens with zero attached hydrogens (tertiary/aromatic N) is 2. The molecule has 2 rings (SSSR count). The van der Waals surface area contributed by atoms with E-state index in [2.05, 4.69) is 49.0 Å². The summed E-state index contributed by atoms with van der Waals surface area (Å²) < 4.78 is 1.98. The van der Waals surface area contributed by atoms with Gasteiger partial charge < -0.3 is 0 Å². The minimum Gasteiger partial charge on any atom is -0.268 e. The molecule has 0 fully saturated rings. The lowest BCUT2D eigenvalue weighted by atomic mass is 10.2. The van der Waals surface area contributed by atoms with E-state index in [4.69, 9.17) is 0 Å². The molecule has 3 heteroatoms. The summed E-state index contributed by atoms with van der Waals surface area (Å²) >= 11 is 0. The molecular formula is C14H20N2Si. The zero-order chi connectivity index (χ0) is 12.5. The van der Waals surface area contributed by atoms with Crippen molar-refractivity contribution in [3.63, 3.8) is 0 Å². The van der Waals surface area contributed by atoms with Gasteiger partial charge in [-0.2, -0.15) is 5.10 Å². The van der Waals surface area contributed by atoms with Gasteiger partial charge in [0.05, 0.1) is 20.3 Å². The molecule has 0 bridgehead atoms. The lowest BCUT2D eigenvalue weighted by Gasteiger charge is -2.16. The molecule has 0 N–H and O–H groups in total. The van der Waals surface area contributed by atoms with E-state index < -0.39 is 8.07 Å². The average Bonchev–Trinajstić information content (AvgIpc) is 2.63. The molecule has 0 radical (unpaired) electrons. The predicted octanol–water partition coefficient (Wildman–Crippen LogP) is 2.79. The van der Waals surface area contributed by atoms with Crippen LogP contribution in [0.5, 0.6) is 0 Å². The summed E-state index contributed by atoms with van der Waals surface area (Å²) in [7, 11) is -1.17. The third-order valence-corrected chi connectivity index (χ3v) is 5.00. The topological polar surface area (TPSA) is 17.8 Å². The van der Waals surface area contributed by atoms with Crippen LogP contribution < -0.4 is 5.19 Å². The second-order valence-electron chi connectivity index (χ2n) is 5.60. The molecule has 1 aromatic heterocycles. The number of hydrogen-bond acceptors (Lipinski definition) is 1. The van der Waals surface area contributed by atoms with Crippen molar-refractivity contribution >= 4 is 13.3 Å². The fourth-order valence-electron chi connectivity index (χ4n) is 1.85. The van der Waals surface area contributed by atoms with Crippen molar-refractivity contribution in [2.24, 2.45) is 0 Å². The summed E-state index contributed by atoms with van der Waals surface area (Å²) in [5.74, 6) is 0. The molecule has 0 aliphatic heterocycles. The Kier molecular flexibility index (Phi) is 3.20. The van der Waals surface area contributed by atoms with E-state index in [1.807, 2.05) is 23.9 Å². The van der Waals surface area contributed by atoms with Crippen LogP contribution in [0, 0.1) is 6.92 Å². The second-order valence-corrected chi connectivity index (χ2v) is 10.7. The Labute approximate surface area is 104 Å². The van der Waals surface area contributed by atoms with Crippen molar-refractivity contribution in [3.05, 3.63) is 47.8 Å². The highest BCUT2D eigenvalue weighted by Gasteiger charge is 2.15. The van der Waals surface area contributed by atoms with Crippen LogP contribution in [0.4, 0.5) is 0 Å². The van der Waals surface area contributed by atoms with E-state index in [0.717, 1.165) is 12.2 Å². The quantitative estimate of drug-likeness (QED) is 0.759. The molecule has 17 heavy (non-hydrogen) atoms. The molecular weight excluding hydrogens is 224 g/mol. The van der Waals surface area contributed by atoms with Gasteiger partial charge in [-0.1, -0.05) is 49.1 Å². The normalized spacial score (nSPS) is 11.8. The first-order valence-corrected chi connectivity index (χ1v) is 9.54. The van der Waals surface area contributed by atoms with Crippen LogP contribution in [0.2, 0.25) is 19.6 Å². The van der Waals surface area contributed by atoms with Crippen LogP contribution >= 0.6 is 0 Å². The number of rotatable bonds is 3. The van der Waals surface area contributed by atoms with Crippen molar-refractivity contribution in [1.29, 1.82) is 0 Å². The maximum atomic E-state index is 4.40. The van der Waals surface area contributed by atoms with Gasteiger partial charge in [0, 0.05) is 6.20 Å². The predicted molar refractivity (Wildman–Crippen MR) is 75.5 cm³/mol. The highest BCUT2D eigenvalue weighted by Crippen LogP contribution is 2.06. The van der Waals surface area contributed by atoms with E-state index in [-0.39, 0.29) is 0 Å². The zero-order valence-corrected chi connectivity index (χ0v) is 12.1. The van der Waals surface area contributed by atoms with Crippen molar-refractivity contribution in [2.75, 3.05) is 0 Å². The van der Waals surface area contributed by atoms with Gasteiger partial charge in [-0.25, -0.2) is 0 Å². The smallest absolute Gasteiger partial charge is 0.0775 e. The number of benzene rings is 1. The molecule has 2 nitrogen and oxygen atoms in total. The van der Waals surface area contributed by atoms with Crippen molar-refractivity contribution in [2.45, 2.75) is 33.1 Å². The molecule has 0 saturated carbocycles. The van der Waals surface area contributed by atoms with Gasteiger partial charge in [-0.15, -0.1) is 0 Å². The van der Waals surface area contributed by atoms with Gasteiger partial charge in [0.25, 0.3) is 0 Å². The lowest BCUT2D eigenvalue weighted by Crippen LogP contribution is -2.37. The Morgan fingerprint density at radius 2 is 1.71 bits per heavy atom. The Hall–Kier alpha value is -1.35. The Balaban J connectivity index is 2.13. The van der Waals surface area contributed by atoms with Gasteiger partial charge >= 0.3 is 0 Å². The lowest BCUT2D eigenvalue weighted by molar-refractivity contribution is 0.679. The van der Waals surface area contributed by atoms with Crippen molar-refractivity contribution < 1.29 is 0 Å². The van der Waals surface area contributed by atoms with E-state index in [9.17, 15) is 0 Å². The first-order valence-electron chi connectivity index (χ1n) is 6.04. The molecule has 0 saturated heterocycles. The summed E-state index contributed by atoms with van der Waals surface area (Å²) in [4.78, 5) is 0. The van der Waals surface area contributed by atoms with Crippen LogP contribution in [0.3, 0.4) is 0 Å². The maximum absolute atomic E-state index is 4.40. The summed E-state index contributed by atoms with van der Waals surface area (Å²) in [5, 5.41) is 5.91. The van der Waals surface area contributed by atoms with Crippen molar-refractivity contribution in [1.82, 2.24) is 9.78 Å². The van der Waals surface area contributed by atoms with Crippen LogP contribution in [0.1, 0.15) is 11.3 Å². The van der Waals surface area contributed by atoms with Crippen molar-refractivity contribution in [3.8, 4) is 0 Å². The first-order chi connectivity index (χ1) is 7.95. The van der Waals surface area contributed by atoms with Gasteiger partial charge in [0.15, 0.2) is 0 Å². The average molecular weight is 244 g/mol. The monoisotopic (exact) mass is 244 g/mol. The Morgan fingerprint density at radius 3 is 2.18 bits per heavy atom. The van der Waals surface area contributed by atoms with Crippen LogP contribution in [0.25, 0.3) is 0 Å². The fraction of sp³-hybridized carbons (Fsp3) is 0.357. The molecule has 2 aromatic rings. The van der Waals surface area contributed by atoms with E-state index in [0.29, 0.717) is 0 Å². The first kappa shape index (κ1) is 12.1. The number of aromatic nitrogens is 2. The summed E-state index contributed by atoms with van der Waals surface area (Å²) in [6.45, 7) is 10.0. The summed E-state index contributed by atoms with van der Waals surface area (Å²) in [5.41, 5.74) is 2.39. The second kappa shape index (κ2) is 4.49. The van der Waals surface area contributed by atoms with Gasteiger partial charge in [0.1, 0.15) is 0 Å². The minimum atomic E-state index is -1.17. The molecule has 90 valence electrons. The van der Waals surface area contributed by atoms with Gasteiger partial charge in [-0.05, 0) is 18.6 Å². The molecule has 1 heterocycles. The minimum absolute atomic E-state index is 0.861. The van der Waals surface area contributed by atoms with E-state index in [1.165, 1.54) is 10.8 Å². The molecule has 0 atom stereocenters. The molecule has 1 aromatic carbocycles. The number of hydrogen-bond donors (Lipinski definition) is 0. The summed E-state index contributed by atoms with van der Waals surface area (Å²) in [6.07, 6.45) is 2.03. The zero-order valence-electron chi connectivity index (χ0n) is 11.1. The summed E-state index contributed by atoms with van der Waals surface area (Å²) in [6, 6.07) is 11.0. The van der Waals surface area contributed by atoms with Crippen LogP contribution in [0.15, 0.2) is 36.5 Å². The Morgan fingerprint density at radius 1 is 1.06 bits per heavy atom. The highest BCUT2D eigenvalue weighted by molar-refractivity contribution is 6.88. The largest absolute Gasteiger partial charge is 0.268 e. The SMILES string of the molecule is Cc1ccn(Cc2ccc([Si](C)(C)C)cc2)n1. The van der Waals surface area contributed by atoms with E-state index in [1.54, 1.807) is 0 Å². The maximum Gasteiger partial charge on any atom is 0.0775 e. The fourth-order valence-corrected chi connectivity index (χ4v) is 3.02. The molecule has 0 unspecified atom stereocenters. The molecule has 0 spiro atoms. The Bertz CT molecular complexity index is 492. The third-order valence-electron chi connectivity index (χ3n) is 2.94. The van der Waals surface area contributed by atoms with Crippen LogP contribution in [-0.2, 0) is 6.54 Å². The highest BCUT2D eigenvalue weighted by atomic mass is 28.3. The van der Waals surface area contributed by atoms with Gasteiger partial charge in [0.2, 0.25) is 0 Å². The van der Waals surface area contributed by atoms with E-state index >= 15 is 0 Å². The molecule has 0 amide bonds. The van der Waals surface area contributed by atoms with Crippen LogP contribution in [-0.4, -0.2) is 17.9 Å². The van der Waals surface area contributed by atoms with Gasteiger partial charge in [-0.3, -0.25) is 4.68 Å². The standard InChI is InChI=1S/C14H20N2Si/c1-12-9-10-16(15-12)11-13-5-7-14(8-6-13)17(2,3)4/h5-10H,11H2,1-4H3. The number of aryl methyl sites for hydroxylation is 1. The third kappa shape index (κ3) is 3.06.